The molecule has 0 bridgehead atoms. The Morgan fingerprint density at radius 3 is 2.77 bits per heavy atom. The lowest BCUT2D eigenvalue weighted by Crippen LogP contribution is -2.04. The van der Waals surface area contributed by atoms with Crippen LogP contribution in [0.3, 0.4) is 0 Å². The molecule has 3 heteroatoms. The fourth-order valence-corrected chi connectivity index (χ4v) is 1.40. The Balaban J connectivity index is 2.68. The molecule has 0 saturated carbocycles. The van der Waals surface area contributed by atoms with Crippen molar-refractivity contribution >= 4 is 0 Å². The molecular weight excluding hydrogens is 164 g/mol. The van der Waals surface area contributed by atoms with E-state index in [-0.39, 0.29) is 0 Å². The van der Waals surface area contributed by atoms with Gasteiger partial charge in [-0.25, -0.2) is 0 Å². The molecule has 0 unspecified atom stereocenters. The first-order valence-electron chi connectivity index (χ1n) is 5.03. The van der Waals surface area contributed by atoms with Gasteiger partial charge in [-0.15, -0.1) is 0 Å². The van der Waals surface area contributed by atoms with Crippen molar-refractivity contribution in [3.63, 3.8) is 0 Å². The van der Waals surface area contributed by atoms with E-state index in [0.29, 0.717) is 5.75 Å². The SMILES string of the molecule is CCCCn1ncc(O)c1CCC. The number of aromatic hydroxyl groups is 1. The predicted molar refractivity (Wildman–Crippen MR) is 52.8 cm³/mol. The van der Waals surface area contributed by atoms with E-state index in [4.69, 9.17) is 0 Å². The number of aryl methyl sites for hydroxylation is 1. The summed E-state index contributed by atoms with van der Waals surface area (Å²) in [5.74, 6) is 0.345. The van der Waals surface area contributed by atoms with Gasteiger partial charge in [-0.2, -0.15) is 5.10 Å². The lowest BCUT2D eigenvalue weighted by atomic mass is 10.2. The van der Waals surface area contributed by atoms with Gasteiger partial charge in [0.25, 0.3) is 0 Å². The van der Waals surface area contributed by atoms with Gasteiger partial charge in [0.2, 0.25) is 0 Å². The summed E-state index contributed by atoms with van der Waals surface area (Å²) in [6.07, 6.45) is 5.78. The van der Waals surface area contributed by atoms with Crippen molar-refractivity contribution in [2.75, 3.05) is 0 Å². The number of hydrogen-bond donors (Lipinski definition) is 1. The van der Waals surface area contributed by atoms with Gasteiger partial charge in [0, 0.05) is 6.54 Å². The van der Waals surface area contributed by atoms with Gasteiger partial charge >= 0.3 is 0 Å². The molecule has 74 valence electrons. The van der Waals surface area contributed by atoms with E-state index in [0.717, 1.165) is 37.9 Å². The Labute approximate surface area is 79.4 Å². The highest BCUT2D eigenvalue weighted by molar-refractivity contribution is 5.23. The topological polar surface area (TPSA) is 38.0 Å². The molecule has 1 aromatic heterocycles. The molecule has 0 aliphatic carbocycles. The molecule has 0 amide bonds. The highest BCUT2D eigenvalue weighted by atomic mass is 16.3. The molecule has 0 aliphatic heterocycles. The summed E-state index contributed by atoms with van der Waals surface area (Å²) in [5, 5.41) is 13.6. The molecule has 0 radical (unpaired) electrons. The zero-order chi connectivity index (χ0) is 9.68. The first-order valence-corrected chi connectivity index (χ1v) is 5.03. The summed E-state index contributed by atoms with van der Waals surface area (Å²) in [7, 11) is 0. The smallest absolute Gasteiger partial charge is 0.156 e. The fraction of sp³-hybridized carbons (Fsp3) is 0.700. The number of unbranched alkanes of at least 4 members (excludes halogenated alkanes) is 1. The monoisotopic (exact) mass is 182 g/mol. The molecule has 0 fully saturated rings. The largest absolute Gasteiger partial charge is 0.504 e. The average Bonchev–Trinajstić information content (AvgIpc) is 2.46. The standard InChI is InChI=1S/C10H18N2O/c1-3-5-7-12-9(6-4-2)10(13)8-11-12/h8,13H,3-7H2,1-2H3. The van der Waals surface area contributed by atoms with E-state index in [1.165, 1.54) is 0 Å². The lowest BCUT2D eigenvalue weighted by molar-refractivity contribution is 0.459. The van der Waals surface area contributed by atoms with Crippen molar-refractivity contribution in [2.45, 2.75) is 46.1 Å². The Morgan fingerprint density at radius 2 is 2.15 bits per heavy atom. The van der Waals surface area contributed by atoms with Gasteiger partial charge in [0.05, 0.1) is 11.9 Å². The van der Waals surface area contributed by atoms with E-state index in [1.807, 2.05) is 4.68 Å². The second-order valence-corrected chi connectivity index (χ2v) is 3.30. The van der Waals surface area contributed by atoms with Crippen LogP contribution < -0.4 is 0 Å². The second kappa shape index (κ2) is 4.90. The number of nitrogens with zero attached hydrogens (tertiary/aromatic N) is 2. The van der Waals surface area contributed by atoms with Crippen LogP contribution in [0.5, 0.6) is 5.75 Å². The molecule has 1 aromatic rings. The minimum absolute atomic E-state index is 0.345. The molecule has 0 saturated heterocycles. The van der Waals surface area contributed by atoms with E-state index < -0.39 is 0 Å². The second-order valence-electron chi connectivity index (χ2n) is 3.30. The third kappa shape index (κ3) is 2.47. The Morgan fingerprint density at radius 1 is 1.38 bits per heavy atom. The Kier molecular flexibility index (Phi) is 3.80. The highest BCUT2D eigenvalue weighted by Gasteiger charge is 2.07. The minimum Gasteiger partial charge on any atom is -0.504 e. The third-order valence-corrected chi connectivity index (χ3v) is 2.14. The van der Waals surface area contributed by atoms with Crippen LogP contribution in [-0.2, 0) is 13.0 Å². The number of aromatic nitrogens is 2. The third-order valence-electron chi connectivity index (χ3n) is 2.14. The molecule has 3 nitrogen and oxygen atoms in total. The Bertz CT molecular complexity index is 255. The van der Waals surface area contributed by atoms with Crippen LogP contribution in [0, 0.1) is 0 Å². The summed E-state index contributed by atoms with van der Waals surface area (Å²) in [6.45, 7) is 5.19. The molecule has 0 aromatic carbocycles. The molecular formula is C10H18N2O. The van der Waals surface area contributed by atoms with Crippen molar-refractivity contribution in [3.05, 3.63) is 11.9 Å². The quantitative estimate of drug-likeness (QED) is 0.759. The van der Waals surface area contributed by atoms with Crippen molar-refractivity contribution in [2.24, 2.45) is 0 Å². The zero-order valence-electron chi connectivity index (χ0n) is 8.45. The highest BCUT2D eigenvalue weighted by Crippen LogP contribution is 2.17. The van der Waals surface area contributed by atoms with Gasteiger partial charge in [0.15, 0.2) is 5.75 Å². The Hall–Kier alpha value is -0.990. The molecule has 0 atom stereocenters. The fourth-order valence-electron chi connectivity index (χ4n) is 1.40. The van der Waals surface area contributed by atoms with Crippen molar-refractivity contribution in [1.29, 1.82) is 0 Å². The van der Waals surface area contributed by atoms with Crippen LogP contribution >= 0.6 is 0 Å². The average molecular weight is 182 g/mol. The van der Waals surface area contributed by atoms with E-state index >= 15 is 0 Å². The summed E-state index contributed by atoms with van der Waals surface area (Å²) in [4.78, 5) is 0. The number of hydrogen-bond acceptors (Lipinski definition) is 2. The van der Waals surface area contributed by atoms with Gasteiger partial charge < -0.3 is 5.11 Å². The first kappa shape index (κ1) is 10.1. The zero-order valence-corrected chi connectivity index (χ0v) is 8.45. The maximum Gasteiger partial charge on any atom is 0.156 e. The van der Waals surface area contributed by atoms with Crippen molar-refractivity contribution in [3.8, 4) is 5.75 Å². The van der Waals surface area contributed by atoms with Gasteiger partial charge in [-0.05, 0) is 12.8 Å². The summed E-state index contributed by atoms with van der Waals surface area (Å²) >= 11 is 0. The molecule has 13 heavy (non-hydrogen) atoms. The summed E-state index contributed by atoms with van der Waals surface area (Å²) in [5.41, 5.74) is 0.982. The van der Waals surface area contributed by atoms with Gasteiger partial charge in [-0.1, -0.05) is 26.7 Å². The summed E-state index contributed by atoms with van der Waals surface area (Å²) < 4.78 is 1.92. The molecule has 1 rings (SSSR count). The summed E-state index contributed by atoms with van der Waals surface area (Å²) in [6, 6.07) is 0. The number of rotatable bonds is 5. The normalized spacial score (nSPS) is 10.6. The van der Waals surface area contributed by atoms with Crippen LogP contribution in [0.4, 0.5) is 0 Å². The van der Waals surface area contributed by atoms with E-state index in [2.05, 4.69) is 18.9 Å². The maximum absolute atomic E-state index is 9.48. The van der Waals surface area contributed by atoms with Gasteiger partial charge in [-0.3, -0.25) is 4.68 Å². The lowest BCUT2D eigenvalue weighted by Gasteiger charge is -2.05. The predicted octanol–water partition coefficient (Wildman–Crippen LogP) is 2.34. The molecule has 0 spiro atoms. The molecule has 1 N–H and O–H groups in total. The maximum atomic E-state index is 9.48. The molecule has 0 aliphatic rings. The van der Waals surface area contributed by atoms with Gasteiger partial charge in [0.1, 0.15) is 0 Å². The minimum atomic E-state index is 0.345. The van der Waals surface area contributed by atoms with Crippen LogP contribution in [0.2, 0.25) is 0 Å². The van der Waals surface area contributed by atoms with E-state index in [9.17, 15) is 5.11 Å². The van der Waals surface area contributed by atoms with Crippen LogP contribution in [0.15, 0.2) is 6.20 Å². The van der Waals surface area contributed by atoms with Crippen molar-refractivity contribution < 1.29 is 5.11 Å². The van der Waals surface area contributed by atoms with E-state index in [1.54, 1.807) is 6.20 Å². The van der Waals surface area contributed by atoms with Crippen molar-refractivity contribution in [1.82, 2.24) is 9.78 Å². The molecule has 1 heterocycles. The van der Waals surface area contributed by atoms with Crippen LogP contribution in [0.25, 0.3) is 0 Å². The van der Waals surface area contributed by atoms with Crippen LogP contribution in [-0.4, -0.2) is 14.9 Å². The first-order chi connectivity index (χ1) is 6.29. The van der Waals surface area contributed by atoms with Crippen LogP contribution in [0.1, 0.15) is 38.8 Å².